The summed E-state index contributed by atoms with van der Waals surface area (Å²) >= 11 is 5.43. The summed E-state index contributed by atoms with van der Waals surface area (Å²) in [7, 11) is 0. The fraction of sp³-hybridized carbons (Fsp3) is 0.500. The Labute approximate surface area is 67.8 Å². The quantitative estimate of drug-likeness (QED) is 0.650. The molecule has 0 aromatic carbocycles. The van der Waals surface area contributed by atoms with Gasteiger partial charge in [0.2, 0.25) is 0 Å². The summed E-state index contributed by atoms with van der Waals surface area (Å²) in [4.78, 5) is 3.79. The molecule has 0 saturated heterocycles. The van der Waals surface area contributed by atoms with Gasteiger partial charge in [0.25, 0.3) is 6.43 Å². The van der Waals surface area contributed by atoms with Gasteiger partial charge >= 0.3 is 0 Å². The second-order valence-corrected chi connectivity index (χ2v) is 2.29. The van der Waals surface area contributed by atoms with Gasteiger partial charge in [0.05, 0.1) is 12.4 Å². The summed E-state index contributed by atoms with van der Waals surface area (Å²) in [5.74, 6) is 0.645. The van der Waals surface area contributed by atoms with Crippen molar-refractivity contribution < 1.29 is 8.78 Å². The van der Waals surface area contributed by atoms with Crippen LogP contribution in [0, 0.1) is 0 Å². The molecule has 1 aromatic rings. The van der Waals surface area contributed by atoms with Crippen LogP contribution < -0.4 is 0 Å². The van der Waals surface area contributed by atoms with Gasteiger partial charge in [0.15, 0.2) is 0 Å². The average Bonchev–Trinajstić information content (AvgIpc) is 2.34. The van der Waals surface area contributed by atoms with E-state index in [2.05, 4.69) is 4.98 Å². The zero-order valence-corrected chi connectivity index (χ0v) is 6.43. The third-order valence-corrected chi connectivity index (χ3v) is 1.49. The molecule has 0 aliphatic heterocycles. The summed E-state index contributed by atoms with van der Waals surface area (Å²) in [6.45, 7) is -0.331. The first kappa shape index (κ1) is 8.46. The molecule has 0 aliphatic rings. The number of nitrogens with zero attached hydrogens (tertiary/aromatic N) is 2. The normalized spacial score (nSPS) is 10.9. The number of aromatic nitrogens is 2. The van der Waals surface area contributed by atoms with E-state index in [-0.39, 0.29) is 12.4 Å². The largest absolute Gasteiger partial charge is 0.328 e. The van der Waals surface area contributed by atoms with E-state index in [1.54, 1.807) is 0 Å². The van der Waals surface area contributed by atoms with Gasteiger partial charge < -0.3 is 4.57 Å². The van der Waals surface area contributed by atoms with Crippen molar-refractivity contribution in [2.24, 2.45) is 0 Å². The molecule has 11 heavy (non-hydrogen) atoms. The minimum absolute atomic E-state index is 0.166. The van der Waals surface area contributed by atoms with E-state index in [1.165, 1.54) is 17.0 Å². The fourth-order valence-electron chi connectivity index (χ4n) is 0.786. The topological polar surface area (TPSA) is 17.8 Å². The maximum absolute atomic E-state index is 11.8. The Morgan fingerprint density at radius 3 is 2.91 bits per heavy atom. The Morgan fingerprint density at radius 1 is 1.64 bits per heavy atom. The molecule has 0 bridgehead atoms. The molecule has 5 heteroatoms. The van der Waals surface area contributed by atoms with E-state index in [0.29, 0.717) is 5.82 Å². The number of halogens is 3. The lowest BCUT2D eigenvalue weighted by Gasteiger charge is -2.03. The molecule has 2 nitrogen and oxygen atoms in total. The van der Waals surface area contributed by atoms with Gasteiger partial charge in [-0.3, -0.25) is 0 Å². The lowest BCUT2D eigenvalue weighted by molar-refractivity contribution is 0.125. The Bertz CT molecular complexity index is 224. The minimum atomic E-state index is -2.36. The molecule has 1 heterocycles. The highest BCUT2D eigenvalue weighted by atomic mass is 35.5. The minimum Gasteiger partial charge on any atom is -0.328 e. The van der Waals surface area contributed by atoms with Crippen molar-refractivity contribution in [2.45, 2.75) is 18.9 Å². The van der Waals surface area contributed by atoms with E-state index in [9.17, 15) is 8.78 Å². The van der Waals surface area contributed by atoms with Gasteiger partial charge in [-0.05, 0) is 0 Å². The van der Waals surface area contributed by atoms with E-state index >= 15 is 0 Å². The molecular weight excluding hydrogens is 174 g/mol. The Morgan fingerprint density at radius 2 is 2.36 bits per heavy atom. The molecule has 0 fully saturated rings. The highest BCUT2D eigenvalue weighted by Crippen LogP contribution is 2.04. The average molecular weight is 181 g/mol. The van der Waals surface area contributed by atoms with Gasteiger partial charge in [0.1, 0.15) is 5.82 Å². The Balaban J connectivity index is 2.68. The van der Waals surface area contributed by atoms with Gasteiger partial charge in [-0.1, -0.05) is 0 Å². The van der Waals surface area contributed by atoms with Crippen LogP contribution in [0.15, 0.2) is 12.4 Å². The number of rotatable bonds is 3. The Hall–Kier alpha value is -0.640. The molecule has 0 radical (unpaired) electrons. The molecule has 1 aromatic heterocycles. The van der Waals surface area contributed by atoms with Crippen LogP contribution in [0.1, 0.15) is 5.82 Å². The molecule has 0 unspecified atom stereocenters. The van der Waals surface area contributed by atoms with Crippen LogP contribution in [0.3, 0.4) is 0 Å². The zero-order chi connectivity index (χ0) is 8.27. The van der Waals surface area contributed by atoms with Crippen molar-refractivity contribution in [3.63, 3.8) is 0 Å². The van der Waals surface area contributed by atoms with Crippen LogP contribution in [-0.4, -0.2) is 16.0 Å². The van der Waals surface area contributed by atoms with Gasteiger partial charge in [0, 0.05) is 12.4 Å². The highest BCUT2D eigenvalue weighted by Gasteiger charge is 2.06. The number of hydrogen-bond acceptors (Lipinski definition) is 1. The number of hydrogen-bond donors (Lipinski definition) is 0. The van der Waals surface area contributed by atoms with Crippen LogP contribution in [0.5, 0.6) is 0 Å². The second kappa shape index (κ2) is 3.67. The van der Waals surface area contributed by atoms with Gasteiger partial charge in [-0.2, -0.15) is 0 Å². The molecule has 0 N–H and O–H groups in total. The van der Waals surface area contributed by atoms with Crippen molar-refractivity contribution >= 4 is 11.6 Å². The third-order valence-electron chi connectivity index (χ3n) is 1.26. The standard InChI is InChI=1S/C6H7ClF2N2/c7-3-6-10-1-2-11(6)4-5(8)9/h1-2,5H,3-4H2. The number of alkyl halides is 3. The predicted molar refractivity (Wildman–Crippen MR) is 37.8 cm³/mol. The van der Waals surface area contributed by atoms with Gasteiger partial charge in [-0.15, -0.1) is 11.6 Å². The Kier molecular flexibility index (Phi) is 2.82. The van der Waals surface area contributed by atoms with Crippen LogP contribution >= 0.6 is 11.6 Å². The summed E-state index contributed by atoms with van der Waals surface area (Å²) < 4.78 is 25.0. The summed E-state index contributed by atoms with van der Waals surface area (Å²) in [5, 5.41) is 0. The van der Waals surface area contributed by atoms with E-state index < -0.39 is 6.43 Å². The molecular formula is C6H7ClF2N2. The molecule has 0 atom stereocenters. The van der Waals surface area contributed by atoms with Crippen molar-refractivity contribution in [2.75, 3.05) is 0 Å². The monoisotopic (exact) mass is 180 g/mol. The first-order valence-electron chi connectivity index (χ1n) is 3.08. The van der Waals surface area contributed by atoms with Crippen LogP contribution in [0.4, 0.5) is 8.78 Å². The smallest absolute Gasteiger partial charge is 0.256 e. The summed E-state index contributed by atoms with van der Waals surface area (Å²) in [6.07, 6.45) is 0.593. The van der Waals surface area contributed by atoms with Crippen LogP contribution in [0.25, 0.3) is 0 Å². The van der Waals surface area contributed by atoms with E-state index in [0.717, 1.165) is 0 Å². The molecule has 0 spiro atoms. The lowest BCUT2D eigenvalue weighted by atomic mass is 10.6. The third kappa shape index (κ3) is 2.15. The lowest BCUT2D eigenvalue weighted by Crippen LogP contribution is -2.08. The zero-order valence-electron chi connectivity index (χ0n) is 5.67. The van der Waals surface area contributed by atoms with Crippen molar-refractivity contribution in [3.05, 3.63) is 18.2 Å². The van der Waals surface area contributed by atoms with Crippen LogP contribution in [0.2, 0.25) is 0 Å². The van der Waals surface area contributed by atoms with Crippen molar-refractivity contribution in [1.29, 1.82) is 0 Å². The second-order valence-electron chi connectivity index (χ2n) is 2.02. The summed E-state index contributed by atoms with van der Waals surface area (Å²) in [6, 6.07) is 0. The molecule has 0 aliphatic carbocycles. The van der Waals surface area contributed by atoms with Gasteiger partial charge in [-0.25, -0.2) is 13.8 Å². The SMILES string of the molecule is FC(F)Cn1ccnc1CCl. The molecule has 62 valence electrons. The first-order chi connectivity index (χ1) is 5.24. The van der Waals surface area contributed by atoms with Crippen LogP contribution in [-0.2, 0) is 12.4 Å². The van der Waals surface area contributed by atoms with E-state index in [1.807, 2.05) is 0 Å². The summed E-state index contributed by atoms with van der Waals surface area (Å²) in [5.41, 5.74) is 0. The first-order valence-corrected chi connectivity index (χ1v) is 3.61. The van der Waals surface area contributed by atoms with Crippen molar-refractivity contribution in [1.82, 2.24) is 9.55 Å². The predicted octanol–water partition coefficient (Wildman–Crippen LogP) is 1.89. The molecule has 0 saturated carbocycles. The van der Waals surface area contributed by atoms with Crippen molar-refractivity contribution in [3.8, 4) is 0 Å². The van der Waals surface area contributed by atoms with E-state index in [4.69, 9.17) is 11.6 Å². The number of imidazole rings is 1. The molecule has 0 amide bonds. The maximum Gasteiger partial charge on any atom is 0.256 e. The fourth-order valence-corrected chi connectivity index (χ4v) is 1.01. The highest BCUT2D eigenvalue weighted by molar-refractivity contribution is 6.16. The maximum atomic E-state index is 11.8. The molecule has 1 rings (SSSR count).